The number of aromatic amines is 1. The number of H-pyrrole nitrogens is 1. The van der Waals surface area contributed by atoms with Gasteiger partial charge < -0.3 is 10.7 Å². The van der Waals surface area contributed by atoms with Crippen LogP contribution in [0.2, 0.25) is 5.02 Å². The van der Waals surface area contributed by atoms with Crippen LogP contribution in [-0.4, -0.2) is 24.9 Å². The number of aromatic nitrogens is 2. The molecule has 2 rings (SSSR count). The minimum absolute atomic E-state index is 0.159. The molecule has 0 saturated heterocycles. The average molecular weight is 315 g/mol. The van der Waals surface area contributed by atoms with Gasteiger partial charge in [0.1, 0.15) is 0 Å². The lowest BCUT2D eigenvalue weighted by Gasteiger charge is -2.08. The van der Waals surface area contributed by atoms with E-state index in [0.717, 1.165) is 5.69 Å². The lowest BCUT2D eigenvalue weighted by Crippen LogP contribution is -2.26. The number of halogens is 1. The standard InChI is InChI=1S/C12H15ClN4O2S/c13-12-2-1-11(5-9(12)6-14)20(18,19)17-4-3-10-7-15-8-16-10/h1-2,5,7-8,17H,3-4,6,14H2,(H,15,16). The molecule has 0 bridgehead atoms. The molecule has 0 fully saturated rings. The first-order valence-corrected chi connectivity index (χ1v) is 7.84. The van der Waals surface area contributed by atoms with Crippen molar-refractivity contribution in [3.05, 3.63) is 47.0 Å². The van der Waals surface area contributed by atoms with Crippen LogP contribution in [0.4, 0.5) is 0 Å². The van der Waals surface area contributed by atoms with Crippen LogP contribution in [0.15, 0.2) is 35.6 Å². The Morgan fingerprint density at radius 1 is 1.40 bits per heavy atom. The van der Waals surface area contributed by atoms with E-state index in [4.69, 9.17) is 17.3 Å². The van der Waals surface area contributed by atoms with Crippen molar-refractivity contribution in [3.63, 3.8) is 0 Å². The van der Waals surface area contributed by atoms with Crippen LogP contribution in [0.3, 0.4) is 0 Å². The van der Waals surface area contributed by atoms with Crippen molar-refractivity contribution in [2.45, 2.75) is 17.9 Å². The van der Waals surface area contributed by atoms with E-state index in [1.54, 1.807) is 12.5 Å². The third-order valence-corrected chi connectivity index (χ3v) is 4.62. The van der Waals surface area contributed by atoms with Crippen molar-refractivity contribution < 1.29 is 8.42 Å². The summed E-state index contributed by atoms with van der Waals surface area (Å²) < 4.78 is 26.8. The molecule has 0 aliphatic rings. The molecular weight excluding hydrogens is 300 g/mol. The molecule has 4 N–H and O–H groups in total. The number of hydrogen-bond donors (Lipinski definition) is 3. The van der Waals surface area contributed by atoms with Gasteiger partial charge in [0.2, 0.25) is 10.0 Å². The zero-order valence-corrected chi connectivity index (χ0v) is 12.2. The molecule has 0 saturated carbocycles. The maximum Gasteiger partial charge on any atom is 0.240 e. The highest BCUT2D eigenvalue weighted by molar-refractivity contribution is 7.89. The van der Waals surface area contributed by atoms with E-state index in [2.05, 4.69) is 14.7 Å². The van der Waals surface area contributed by atoms with Gasteiger partial charge in [0.05, 0.1) is 11.2 Å². The fraction of sp³-hybridized carbons (Fsp3) is 0.250. The van der Waals surface area contributed by atoms with Gasteiger partial charge in [-0.15, -0.1) is 0 Å². The number of sulfonamides is 1. The van der Waals surface area contributed by atoms with E-state index in [1.807, 2.05) is 0 Å². The number of nitrogens with zero attached hydrogens (tertiary/aromatic N) is 1. The number of rotatable bonds is 6. The highest BCUT2D eigenvalue weighted by Crippen LogP contribution is 2.19. The van der Waals surface area contributed by atoms with Crippen molar-refractivity contribution in [1.82, 2.24) is 14.7 Å². The largest absolute Gasteiger partial charge is 0.348 e. The summed E-state index contributed by atoms with van der Waals surface area (Å²) >= 11 is 5.91. The summed E-state index contributed by atoms with van der Waals surface area (Å²) in [6.45, 7) is 0.474. The Hall–Kier alpha value is -1.41. The molecule has 0 radical (unpaired) electrons. The molecule has 0 unspecified atom stereocenters. The fourth-order valence-electron chi connectivity index (χ4n) is 1.70. The minimum Gasteiger partial charge on any atom is -0.348 e. The van der Waals surface area contributed by atoms with Gasteiger partial charge in [-0.25, -0.2) is 18.1 Å². The molecule has 0 aliphatic heterocycles. The van der Waals surface area contributed by atoms with Crippen molar-refractivity contribution in [1.29, 1.82) is 0 Å². The zero-order chi connectivity index (χ0) is 14.6. The van der Waals surface area contributed by atoms with E-state index in [1.165, 1.54) is 18.2 Å². The highest BCUT2D eigenvalue weighted by Gasteiger charge is 2.15. The molecule has 6 nitrogen and oxygen atoms in total. The molecule has 1 aromatic heterocycles. The van der Waals surface area contributed by atoms with E-state index in [-0.39, 0.29) is 18.0 Å². The highest BCUT2D eigenvalue weighted by atomic mass is 35.5. The number of hydrogen-bond acceptors (Lipinski definition) is 4. The Morgan fingerprint density at radius 2 is 2.20 bits per heavy atom. The molecule has 108 valence electrons. The second-order valence-electron chi connectivity index (χ2n) is 4.18. The Labute approximate surface area is 122 Å². The first-order chi connectivity index (χ1) is 9.53. The summed E-state index contributed by atoms with van der Waals surface area (Å²) in [6, 6.07) is 4.48. The zero-order valence-electron chi connectivity index (χ0n) is 10.6. The van der Waals surface area contributed by atoms with Crippen molar-refractivity contribution >= 4 is 21.6 Å². The number of nitrogens with two attached hydrogens (primary N) is 1. The Balaban J connectivity index is 2.06. The summed E-state index contributed by atoms with van der Waals surface area (Å²) in [5, 5.41) is 0.462. The Morgan fingerprint density at radius 3 is 2.85 bits per heavy atom. The molecule has 20 heavy (non-hydrogen) atoms. The third kappa shape index (κ3) is 3.57. The molecule has 1 aromatic carbocycles. The predicted molar refractivity (Wildman–Crippen MR) is 76.8 cm³/mol. The lowest BCUT2D eigenvalue weighted by atomic mass is 10.2. The summed E-state index contributed by atoms with van der Waals surface area (Å²) in [5.74, 6) is 0. The normalized spacial score (nSPS) is 11.7. The van der Waals surface area contributed by atoms with Gasteiger partial charge in [-0.2, -0.15) is 0 Å². The number of nitrogens with one attached hydrogen (secondary N) is 2. The smallest absolute Gasteiger partial charge is 0.240 e. The molecule has 0 aliphatic carbocycles. The number of imidazole rings is 1. The van der Waals surface area contributed by atoms with Crippen molar-refractivity contribution in [2.24, 2.45) is 5.73 Å². The summed E-state index contributed by atoms with van der Waals surface area (Å²) in [6.07, 6.45) is 3.75. The van der Waals surface area contributed by atoms with Crippen molar-refractivity contribution in [2.75, 3.05) is 6.54 Å². The molecule has 0 atom stereocenters. The Kier molecular flexibility index (Phi) is 4.77. The summed E-state index contributed by atoms with van der Waals surface area (Å²) in [5.41, 5.74) is 6.98. The van der Waals surface area contributed by atoms with E-state index < -0.39 is 10.0 Å². The third-order valence-electron chi connectivity index (χ3n) is 2.79. The average Bonchev–Trinajstić information content (AvgIpc) is 2.92. The number of benzene rings is 1. The second-order valence-corrected chi connectivity index (χ2v) is 6.36. The van der Waals surface area contributed by atoms with E-state index >= 15 is 0 Å². The molecule has 1 heterocycles. The fourth-order valence-corrected chi connectivity index (χ4v) is 2.98. The van der Waals surface area contributed by atoms with Crippen LogP contribution < -0.4 is 10.5 Å². The molecule has 2 aromatic rings. The summed E-state index contributed by atoms with van der Waals surface area (Å²) in [7, 11) is -3.56. The van der Waals surface area contributed by atoms with Gasteiger partial charge in [-0.05, 0) is 23.8 Å². The Bertz CT molecular complexity index is 671. The van der Waals surface area contributed by atoms with Crippen molar-refractivity contribution in [3.8, 4) is 0 Å². The summed E-state index contributed by atoms with van der Waals surface area (Å²) in [4.78, 5) is 6.93. The van der Waals surface area contributed by atoms with Crippen LogP contribution in [0.5, 0.6) is 0 Å². The molecule has 0 amide bonds. The van der Waals surface area contributed by atoms with E-state index in [0.29, 0.717) is 17.0 Å². The van der Waals surface area contributed by atoms with Crippen LogP contribution in [-0.2, 0) is 23.0 Å². The van der Waals surface area contributed by atoms with Crippen LogP contribution >= 0.6 is 11.6 Å². The quantitative estimate of drug-likeness (QED) is 0.741. The van der Waals surface area contributed by atoms with Gasteiger partial charge in [0, 0.05) is 36.4 Å². The first kappa shape index (κ1) is 15.0. The van der Waals surface area contributed by atoms with Gasteiger partial charge in [-0.3, -0.25) is 0 Å². The minimum atomic E-state index is -3.56. The molecule has 8 heteroatoms. The van der Waals surface area contributed by atoms with Gasteiger partial charge in [0.15, 0.2) is 0 Å². The lowest BCUT2D eigenvalue weighted by molar-refractivity contribution is 0.581. The van der Waals surface area contributed by atoms with Gasteiger partial charge >= 0.3 is 0 Å². The maximum atomic E-state index is 12.1. The monoisotopic (exact) mass is 314 g/mol. The maximum absolute atomic E-state index is 12.1. The van der Waals surface area contributed by atoms with E-state index in [9.17, 15) is 8.42 Å². The predicted octanol–water partition coefficient (Wildman–Crippen LogP) is 1.04. The first-order valence-electron chi connectivity index (χ1n) is 5.98. The van der Waals surface area contributed by atoms with Crippen LogP contribution in [0.25, 0.3) is 0 Å². The van der Waals surface area contributed by atoms with Crippen LogP contribution in [0, 0.1) is 0 Å². The van der Waals surface area contributed by atoms with Gasteiger partial charge in [0.25, 0.3) is 0 Å². The molecule has 0 spiro atoms. The second kappa shape index (κ2) is 6.36. The van der Waals surface area contributed by atoms with Crippen LogP contribution in [0.1, 0.15) is 11.3 Å². The topological polar surface area (TPSA) is 101 Å². The SMILES string of the molecule is NCc1cc(S(=O)(=O)NCCc2cnc[nH]2)ccc1Cl. The molecular formula is C12H15ClN4O2S. The van der Waals surface area contributed by atoms with Gasteiger partial charge in [-0.1, -0.05) is 11.6 Å².